The molecule has 0 fully saturated rings. The molecule has 1 aliphatic heterocycles. The van der Waals surface area contributed by atoms with Gasteiger partial charge in [-0.1, -0.05) is 36.4 Å². The van der Waals surface area contributed by atoms with Gasteiger partial charge in [0.2, 0.25) is 5.91 Å². The van der Waals surface area contributed by atoms with Crippen molar-refractivity contribution in [1.29, 1.82) is 0 Å². The number of anilines is 3. The zero-order valence-corrected chi connectivity index (χ0v) is 20.8. The molecule has 188 valence electrons. The molecule has 5 rings (SSSR count). The van der Waals surface area contributed by atoms with Gasteiger partial charge in [-0.05, 0) is 60.7 Å². The molecule has 4 aromatic rings. The van der Waals surface area contributed by atoms with E-state index in [1.54, 1.807) is 48.5 Å². The molecule has 0 radical (unpaired) electrons. The van der Waals surface area contributed by atoms with E-state index in [9.17, 15) is 26.0 Å². The fourth-order valence-corrected chi connectivity index (χ4v) is 6.75. The quantitative estimate of drug-likeness (QED) is 0.378. The Bertz CT molecular complexity index is 1710. The molecule has 37 heavy (non-hydrogen) atoms. The molecular formula is C26H20FN3O5S2. The standard InChI is InChI=1S/C26H20FN3O5S2/c27-18-10-15-24-23(16-18)22-8-4-5-9-25(22)37(34,35)30(24)17-26(31)28-19-11-13-21(14-12-19)36(32,33)29-20-6-2-1-3-7-20/h1-16,29H,17H2,(H,28,31). The first-order chi connectivity index (χ1) is 17.6. The maximum Gasteiger partial charge on any atom is 0.265 e. The van der Waals surface area contributed by atoms with Crippen LogP contribution in [0.15, 0.2) is 107 Å². The van der Waals surface area contributed by atoms with Crippen LogP contribution in [0, 0.1) is 5.82 Å². The van der Waals surface area contributed by atoms with E-state index in [-0.39, 0.29) is 21.2 Å². The molecule has 0 unspecified atom stereocenters. The Hall–Kier alpha value is -4.22. The molecule has 1 heterocycles. The maximum absolute atomic E-state index is 14.0. The second-order valence-corrected chi connectivity index (χ2v) is 11.7. The molecule has 0 atom stereocenters. The van der Waals surface area contributed by atoms with Gasteiger partial charge in [0, 0.05) is 22.5 Å². The average molecular weight is 538 g/mol. The molecule has 8 nitrogen and oxygen atoms in total. The summed E-state index contributed by atoms with van der Waals surface area (Å²) in [5.41, 5.74) is 1.58. The van der Waals surface area contributed by atoms with Crippen LogP contribution in [0.25, 0.3) is 11.1 Å². The van der Waals surface area contributed by atoms with Crippen molar-refractivity contribution in [3.63, 3.8) is 0 Å². The van der Waals surface area contributed by atoms with Gasteiger partial charge in [0.15, 0.2) is 0 Å². The van der Waals surface area contributed by atoms with Gasteiger partial charge in [-0.25, -0.2) is 21.2 Å². The average Bonchev–Trinajstić information content (AvgIpc) is 2.87. The molecule has 0 bridgehead atoms. The molecule has 1 aliphatic rings. The van der Waals surface area contributed by atoms with Gasteiger partial charge in [0.05, 0.1) is 15.5 Å². The highest BCUT2D eigenvalue weighted by molar-refractivity contribution is 7.93. The summed E-state index contributed by atoms with van der Waals surface area (Å²) >= 11 is 0. The smallest absolute Gasteiger partial charge is 0.265 e. The Morgan fingerprint density at radius 2 is 1.49 bits per heavy atom. The Morgan fingerprint density at radius 1 is 0.811 bits per heavy atom. The van der Waals surface area contributed by atoms with Crippen LogP contribution in [-0.2, 0) is 24.8 Å². The third-order valence-electron chi connectivity index (χ3n) is 5.73. The van der Waals surface area contributed by atoms with Gasteiger partial charge in [-0.3, -0.25) is 13.8 Å². The number of nitrogens with zero attached hydrogens (tertiary/aromatic N) is 1. The van der Waals surface area contributed by atoms with E-state index in [0.29, 0.717) is 16.8 Å². The van der Waals surface area contributed by atoms with E-state index in [4.69, 9.17) is 0 Å². The van der Waals surface area contributed by atoms with Gasteiger partial charge in [-0.15, -0.1) is 0 Å². The highest BCUT2D eigenvalue weighted by Crippen LogP contribution is 2.43. The topological polar surface area (TPSA) is 113 Å². The second-order valence-electron chi connectivity index (χ2n) is 8.21. The molecule has 0 aliphatic carbocycles. The van der Waals surface area contributed by atoms with E-state index in [0.717, 1.165) is 10.4 Å². The van der Waals surface area contributed by atoms with Gasteiger partial charge in [-0.2, -0.15) is 0 Å². The lowest BCUT2D eigenvalue weighted by atomic mass is 10.0. The predicted molar refractivity (Wildman–Crippen MR) is 139 cm³/mol. The number of carbonyl (C=O) groups excluding carboxylic acids is 1. The first kappa shape index (κ1) is 24.5. The van der Waals surface area contributed by atoms with E-state index in [1.165, 1.54) is 42.5 Å². The molecular weight excluding hydrogens is 517 g/mol. The van der Waals surface area contributed by atoms with Crippen LogP contribution in [-0.4, -0.2) is 29.3 Å². The lowest BCUT2D eigenvalue weighted by molar-refractivity contribution is -0.114. The van der Waals surface area contributed by atoms with Crippen molar-refractivity contribution in [2.45, 2.75) is 9.79 Å². The third-order valence-corrected chi connectivity index (χ3v) is 8.95. The number of hydrogen-bond donors (Lipinski definition) is 2. The van der Waals surface area contributed by atoms with Crippen molar-refractivity contribution in [1.82, 2.24) is 0 Å². The summed E-state index contributed by atoms with van der Waals surface area (Å²) < 4.78 is 69.3. The minimum Gasteiger partial charge on any atom is -0.325 e. The highest BCUT2D eigenvalue weighted by atomic mass is 32.2. The lowest BCUT2D eigenvalue weighted by Gasteiger charge is -2.31. The van der Waals surface area contributed by atoms with Crippen LogP contribution in [0.2, 0.25) is 0 Å². The number of benzene rings is 4. The van der Waals surface area contributed by atoms with Crippen molar-refractivity contribution >= 4 is 43.0 Å². The SMILES string of the molecule is O=C(CN1c2ccc(F)cc2-c2ccccc2S1(=O)=O)Nc1ccc(S(=O)(=O)Nc2ccccc2)cc1. The number of para-hydroxylation sites is 1. The molecule has 1 amide bonds. The summed E-state index contributed by atoms with van der Waals surface area (Å²) in [5.74, 6) is -1.19. The number of amides is 1. The molecule has 0 saturated heterocycles. The van der Waals surface area contributed by atoms with E-state index >= 15 is 0 Å². The molecule has 2 N–H and O–H groups in total. The van der Waals surface area contributed by atoms with E-state index in [1.807, 2.05) is 0 Å². The van der Waals surface area contributed by atoms with Gasteiger partial charge in [0.1, 0.15) is 12.4 Å². The second kappa shape index (κ2) is 9.34. The third kappa shape index (κ3) is 4.78. The summed E-state index contributed by atoms with van der Waals surface area (Å²) in [6.07, 6.45) is 0. The molecule has 0 aromatic heterocycles. The summed E-state index contributed by atoms with van der Waals surface area (Å²) in [7, 11) is -7.93. The Kier molecular flexibility index (Phi) is 6.18. The minimum absolute atomic E-state index is 0.0134. The zero-order valence-electron chi connectivity index (χ0n) is 19.1. The predicted octanol–water partition coefficient (Wildman–Crippen LogP) is 4.44. The normalized spacial score (nSPS) is 13.8. The monoisotopic (exact) mass is 537 g/mol. The molecule has 4 aromatic carbocycles. The summed E-state index contributed by atoms with van der Waals surface area (Å²) in [5, 5.41) is 2.59. The molecule has 0 saturated carbocycles. The van der Waals surface area contributed by atoms with Crippen LogP contribution < -0.4 is 14.3 Å². The number of sulfonamides is 2. The maximum atomic E-state index is 14.0. The van der Waals surface area contributed by atoms with Crippen molar-refractivity contribution in [2.24, 2.45) is 0 Å². The van der Waals surface area contributed by atoms with Crippen LogP contribution in [0.5, 0.6) is 0 Å². The largest absolute Gasteiger partial charge is 0.325 e. The van der Waals surface area contributed by atoms with Gasteiger partial charge >= 0.3 is 0 Å². The van der Waals surface area contributed by atoms with Crippen LogP contribution in [0.3, 0.4) is 0 Å². The van der Waals surface area contributed by atoms with Crippen molar-refractivity contribution in [3.8, 4) is 11.1 Å². The number of nitrogens with one attached hydrogen (secondary N) is 2. The fraction of sp³-hybridized carbons (Fsp3) is 0.0385. The molecule has 11 heteroatoms. The zero-order chi connectivity index (χ0) is 26.2. The first-order valence-electron chi connectivity index (χ1n) is 11.0. The van der Waals surface area contributed by atoms with Gasteiger partial charge < -0.3 is 5.32 Å². The number of halogens is 1. The Balaban J connectivity index is 1.36. The van der Waals surface area contributed by atoms with E-state index < -0.39 is 38.3 Å². The van der Waals surface area contributed by atoms with Crippen LogP contribution >= 0.6 is 0 Å². The summed E-state index contributed by atoms with van der Waals surface area (Å²) in [4.78, 5) is 12.8. The fourth-order valence-electron chi connectivity index (χ4n) is 4.04. The van der Waals surface area contributed by atoms with Crippen molar-refractivity contribution < 1.29 is 26.0 Å². The lowest BCUT2D eigenvalue weighted by Crippen LogP contribution is -2.40. The minimum atomic E-state index is -4.09. The number of rotatable bonds is 6. The van der Waals surface area contributed by atoms with Crippen LogP contribution in [0.4, 0.5) is 21.5 Å². The number of hydrogen-bond acceptors (Lipinski definition) is 5. The summed E-state index contributed by atoms with van der Waals surface area (Å²) in [6.45, 7) is -0.565. The highest BCUT2D eigenvalue weighted by Gasteiger charge is 2.36. The van der Waals surface area contributed by atoms with E-state index in [2.05, 4.69) is 10.0 Å². The molecule has 0 spiro atoms. The number of carbonyl (C=O) groups is 1. The van der Waals surface area contributed by atoms with Gasteiger partial charge in [0.25, 0.3) is 20.0 Å². The first-order valence-corrected chi connectivity index (χ1v) is 14.0. The van der Waals surface area contributed by atoms with Crippen molar-refractivity contribution in [2.75, 3.05) is 20.9 Å². The Morgan fingerprint density at radius 3 is 2.22 bits per heavy atom. The number of fused-ring (bicyclic) bond motifs is 3. The Labute approximate surface area is 213 Å². The summed E-state index contributed by atoms with van der Waals surface area (Å²) in [6, 6.07) is 23.8. The van der Waals surface area contributed by atoms with Crippen molar-refractivity contribution in [3.05, 3.63) is 103 Å². The van der Waals surface area contributed by atoms with Crippen LogP contribution in [0.1, 0.15) is 0 Å².